The quantitative estimate of drug-likeness (QED) is 0.331. The van der Waals surface area contributed by atoms with Gasteiger partial charge >= 0.3 is 0 Å². The number of aliphatic hydroxyl groups is 4. The minimum atomic E-state index is -1.57. The maximum atomic E-state index is 12.8. The summed E-state index contributed by atoms with van der Waals surface area (Å²) >= 11 is 0. The second kappa shape index (κ2) is 8.17. The van der Waals surface area contributed by atoms with Crippen LogP contribution in [0.3, 0.4) is 0 Å². The molecule has 0 amide bonds. The number of phenols is 2. The first-order valence-corrected chi connectivity index (χ1v) is 9.35. The summed E-state index contributed by atoms with van der Waals surface area (Å²) in [5, 5.41) is 58.4. The van der Waals surface area contributed by atoms with E-state index >= 15 is 0 Å². The van der Waals surface area contributed by atoms with Crippen LogP contribution in [0.25, 0.3) is 22.1 Å². The zero-order valence-electron chi connectivity index (χ0n) is 16.0. The Morgan fingerprint density at radius 2 is 1.68 bits per heavy atom. The molecule has 0 unspecified atom stereocenters. The molecule has 5 atom stereocenters. The summed E-state index contributed by atoms with van der Waals surface area (Å²) in [5.74, 6) is -0.421. The SMILES string of the molecule is O=c1c(-c2ccc(O[C@@H]3O[C@@H](CO)[C@H](O)[C@@H](O)[C@@H]3O)cc2)coc2cc(O)cc(O)c12. The second-order valence-corrected chi connectivity index (χ2v) is 7.16. The smallest absolute Gasteiger partial charge is 0.229 e. The summed E-state index contributed by atoms with van der Waals surface area (Å²) in [6, 6.07) is 8.30. The molecule has 1 aliphatic heterocycles. The van der Waals surface area contributed by atoms with Crippen molar-refractivity contribution < 1.29 is 44.5 Å². The van der Waals surface area contributed by atoms with Gasteiger partial charge < -0.3 is 44.5 Å². The van der Waals surface area contributed by atoms with Crippen LogP contribution in [0, 0.1) is 0 Å². The van der Waals surface area contributed by atoms with Crippen LogP contribution in [0.5, 0.6) is 17.2 Å². The van der Waals surface area contributed by atoms with E-state index in [1.807, 2.05) is 0 Å². The van der Waals surface area contributed by atoms with E-state index in [4.69, 9.17) is 13.9 Å². The number of hydrogen-bond acceptors (Lipinski definition) is 10. The fourth-order valence-corrected chi connectivity index (χ4v) is 3.43. The molecule has 4 rings (SSSR count). The lowest BCUT2D eigenvalue weighted by atomic mass is 9.99. The molecule has 0 spiro atoms. The summed E-state index contributed by atoms with van der Waals surface area (Å²) in [4.78, 5) is 12.8. The Labute approximate surface area is 174 Å². The number of aromatic hydroxyl groups is 2. The maximum Gasteiger partial charge on any atom is 0.229 e. The number of rotatable bonds is 4. The third-order valence-electron chi connectivity index (χ3n) is 5.11. The van der Waals surface area contributed by atoms with Gasteiger partial charge in [0.25, 0.3) is 0 Å². The van der Waals surface area contributed by atoms with E-state index in [1.54, 1.807) is 0 Å². The molecular weight excluding hydrogens is 412 g/mol. The van der Waals surface area contributed by atoms with Gasteiger partial charge in [-0.2, -0.15) is 0 Å². The van der Waals surface area contributed by atoms with Crippen molar-refractivity contribution in [2.24, 2.45) is 0 Å². The summed E-state index contributed by atoms with van der Waals surface area (Å²) in [7, 11) is 0. The number of hydrogen-bond donors (Lipinski definition) is 6. The Balaban J connectivity index is 1.59. The molecule has 1 aromatic heterocycles. The topological polar surface area (TPSA) is 170 Å². The number of fused-ring (bicyclic) bond motifs is 1. The summed E-state index contributed by atoms with van der Waals surface area (Å²) in [5.41, 5.74) is 0.146. The van der Waals surface area contributed by atoms with Gasteiger partial charge in [0.05, 0.1) is 12.2 Å². The monoisotopic (exact) mass is 432 g/mol. The molecule has 31 heavy (non-hydrogen) atoms. The third kappa shape index (κ3) is 3.82. The van der Waals surface area contributed by atoms with Crippen LogP contribution in [-0.4, -0.2) is 68.0 Å². The van der Waals surface area contributed by atoms with Crippen LogP contribution in [-0.2, 0) is 4.74 Å². The zero-order valence-corrected chi connectivity index (χ0v) is 16.0. The molecule has 0 bridgehead atoms. The first-order chi connectivity index (χ1) is 14.8. The molecule has 1 aliphatic rings. The van der Waals surface area contributed by atoms with Crippen molar-refractivity contribution in [3.8, 4) is 28.4 Å². The largest absolute Gasteiger partial charge is 0.508 e. The van der Waals surface area contributed by atoms with E-state index in [0.717, 1.165) is 6.07 Å². The van der Waals surface area contributed by atoms with Gasteiger partial charge in [-0.15, -0.1) is 0 Å². The van der Waals surface area contributed by atoms with Crippen molar-refractivity contribution in [2.45, 2.75) is 30.7 Å². The lowest BCUT2D eigenvalue weighted by Gasteiger charge is -2.39. The molecular formula is C21H20O10. The Hall–Kier alpha value is -3.15. The Morgan fingerprint density at radius 1 is 0.968 bits per heavy atom. The molecule has 1 saturated heterocycles. The summed E-state index contributed by atoms with van der Waals surface area (Å²) in [6.45, 7) is -0.577. The molecule has 10 nitrogen and oxygen atoms in total. The van der Waals surface area contributed by atoms with E-state index in [2.05, 4.69) is 0 Å². The molecule has 1 fully saturated rings. The molecule has 0 radical (unpaired) electrons. The molecule has 0 saturated carbocycles. The fraction of sp³-hybridized carbons (Fsp3) is 0.286. The van der Waals surface area contributed by atoms with E-state index in [0.29, 0.717) is 5.56 Å². The first kappa shape index (κ1) is 21.1. The molecule has 3 aromatic rings. The van der Waals surface area contributed by atoms with Gasteiger partial charge in [-0.05, 0) is 17.7 Å². The number of aliphatic hydroxyl groups excluding tert-OH is 4. The van der Waals surface area contributed by atoms with Crippen LogP contribution in [0.2, 0.25) is 0 Å². The average Bonchev–Trinajstić information content (AvgIpc) is 2.74. The molecule has 2 aromatic carbocycles. The van der Waals surface area contributed by atoms with Crippen molar-refractivity contribution in [2.75, 3.05) is 6.61 Å². The van der Waals surface area contributed by atoms with Gasteiger partial charge in [-0.25, -0.2) is 0 Å². The molecule has 6 N–H and O–H groups in total. The normalized spacial score (nSPS) is 26.1. The van der Waals surface area contributed by atoms with Crippen LogP contribution >= 0.6 is 0 Å². The highest BCUT2D eigenvalue weighted by atomic mass is 16.7. The van der Waals surface area contributed by atoms with Crippen LogP contribution in [0.4, 0.5) is 0 Å². The number of benzene rings is 2. The first-order valence-electron chi connectivity index (χ1n) is 9.35. The van der Waals surface area contributed by atoms with Gasteiger partial charge in [-0.3, -0.25) is 4.79 Å². The van der Waals surface area contributed by atoms with E-state index in [-0.39, 0.29) is 28.0 Å². The highest BCUT2D eigenvalue weighted by molar-refractivity contribution is 5.88. The molecule has 2 heterocycles. The van der Waals surface area contributed by atoms with E-state index in [1.165, 1.54) is 36.6 Å². The van der Waals surface area contributed by atoms with Crippen molar-refractivity contribution in [1.29, 1.82) is 0 Å². The third-order valence-corrected chi connectivity index (χ3v) is 5.11. The van der Waals surface area contributed by atoms with Crippen LogP contribution < -0.4 is 10.2 Å². The lowest BCUT2D eigenvalue weighted by Crippen LogP contribution is -2.60. The Morgan fingerprint density at radius 3 is 2.35 bits per heavy atom. The highest BCUT2D eigenvalue weighted by Gasteiger charge is 2.44. The van der Waals surface area contributed by atoms with Gasteiger partial charge in [-0.1, -0.05) is 12.1 Å². The predicted molar refractivity (Wildman–Crippen MR) is 106 cm³/mol. The lowest BCUT2D eigenvalue weighted by molar-refractivity contribution is -0.277. The predicted octanol–water partition coefficient (Wildman–Crippen LogP) is 0.0499. The van der Waals surface area contributed by atoms with Crippen molar-refractivity contribution in [3.63, 3.8) is 0 Å². The fourth-order valence-electron chi connectivity index (χ4n) is 3.43. The average molecular weight is 432 g/mol. The summed E-state index contributed by atoms with van der Waals surface area (Å²) in [6.07, 6.45) is -5.84. The Kier molecular flexibility index (Phi) is 5.56. The maximum absolute atomic E-state index is 12.8. The zero-order chi connectivity index (χ0) is 22.3. The molecule has 0 aliphatic carbocycles. The van der Waals surface area contributed by atoms with E-state index in [9.17, 15) is 35.4 Å². The van der Waals surface area contributed by atoms with Gasteiger partial charge in [0.2, 0.25) is 11.7 Å². The minimum absolute atomic E-state index is 0.0359. The standard InChI is InChI=1S/C21H20O10/c22-7-15-18(26)19(27)20(28)21(31-15)30-11-3-1-9(2-4-11)12-8-29-14-6-10(23)5-13(24)16(14)17(12)25/h1-6,8,15,18-24,26-28H,7H2/t15-,18-,19+,20-,21+/m0/s1. The number of ether oxygens (including phenoxy) is 2. The van der Waals surface area contributed by atoms with Crippen molar-refractivity contribution >= 4 is 11.0 Å². The molecule has 10 heteroatoms. The van der Waals surface area contributed by atoms with Gasteiger partial charge in [0, 0.05) is 12.1 Å². The minimum Gasteiger partial charge on any atom is -0.508 e. The van der Waals surface area contributed by atoms with E-state index < -0.39 is 48.5 Å². The van der Waals surface area contributed by atoms with Crippen LogP contribution in [0.15, 0.2) is 51.9 Å². The Bertz CT molecular complexity index is 1140. The van der Waals surface area contributed by atoms with Gasteiger partial charge in [0.15, 0.2) is 0 Å². The van der Waals surface area contributed by atoms with Crippen molar-refractivity contribution in [1.82, 2.24) is 0 Å². The highest BCUT2D eigenvalue weighted by Crippen LogP contribution is 2.30. The van der Waals surface area contributed by atoms with Crippen molar-refractivity contribution in [3.05, 3.63) is 52.9 Å². The van der Waals surface area contributed by atoms with Crippen LogP contribution in [0.1, 0.15) is 0 Å². The number of phenolic OH excluding ortho intramolecular Hbond substituents is 2. The molecule has 164 valence electrons. The summed E-state index contributed by atoms with van der Waals surface area (Å²) < 4.78 is 16.2. The second-order valence-electron chi connectivity index (χ2n) is 7.16. The van der Waals surface area contributed by atoms with Gasteiger partial charge in [0.1, 0.15) is 58.9 Å².